The summed E-state index contributed by atoms with van der Waals surface area (Å²) in [6.45, 7) is 6.67. The molecule has 0 amide bonds. The molecule has 3 heteroatoms. The van der Waals surface area contributed by atoms with E-state index in [1.807, 2.05) is 0 Å². The highest BCUT2D eigenvalue weighted by atomic mass is 32.1. The van der Waals surface area contributed by atoms with Gasteiger partial charge < -0.3 is 5.32 Å². The Bertz CT molecular complexity index is 291. The quantitative estimate of drug-likeness (QED) is 0.782. The molecule has 0 fully saturated rings. The first kappa shape index (κ1) is 9.16. The molecule has 0 saturated carbocycles. The third kappa shape index (κ3) is 1.92. The normalized spacial score (nSPS) is 16.2. The smallest absolute Gasteiger partial charge is 0.0580 e. The molecule has 0 aromatic carbocycles. The maximum absolute atomic E-state index is 4.54. The summed E-state index contributed by atoms with van der Waals surface area (Å²) >= 11 is 1.68. The lowest BCUT2D eigenvalue weighted by molar-refractivity contribution is 0.614. The van der Waals surface area contributed by atoms with E-state index in [0.29, 0.717) is 0 Å². The Morgan fingerprint density at radius 2 is 2.38 bits per heavy atom. The van der Waals surface area contributed by atoms with Gasteiger partial charge in [-0.25, -0.2) is 0 Å². The Morgan fingerprint density at radius 1 is 1.54 bits per heavy atom. The van der Waals surface area contributed by atoms with Crippen molar-refractivity contribution in [2.75, 3.05) is 6.54 Å². The van der Waals surface area contributed by atoms with Gasteiger partial charge in [0.15, 0.2) is 0 Å². The van der Waals surface area contributed by atoms with Gasteiger partial charge in [-0.05, 0) is 42.4 Å². The van der Waals surface area contributed by atoms with Crippen molar-refractivity contribution in [1.29, 1.82) is 0 Å². The Hall–Kier alpha value is -0.410. The molecule has 0 atom stereocenters. The molecule has 0 radical (unpaired) electrons. The lowest BCUT2D eigenvalue weighted by Crippen LogP contribution is -2.22. The second kappa shape index (κ2) is 3.76. The lowest BCUT2D eigenvalue weighted by atomic mass is 10.0. The molecule has 0 spiro atoms. The molecular weight excluding hydrogens is 180 g/mol. The summed E-state index contributed by atoms with van der Waals surface area (Å²) in [5.74, 6) is 0.723. The van der Waals surface area contributed by atoms with E-state index in [1.54, 1.807) is 11.5 Å². The highest BCUT2D eigenvalue weighted by molar-refractivity contribution is 7.06. The van der Waals surface area contributed by atoms with Gasteiger partial charge in [0.25, 0.3) is 0 Å². The fourth-order valence-electron chi connectivity index (χ4n) is 1.77. The molecule has 13 heavy (non-hydrogen) atoms. The lowest BCUT2D eigenvalue weighted by Gasteiger charge is -2.13. The molecule has 2 nitrogen and oxygen atoms in total. The van der Waals surface area contributed by atoms with E-state index < -0.39 is 0 Å². The van der Waals surface area contributed by atoms with Crippen LogP contribution in [0.15, 0.2) is 0 Å². The number of hydrogen-bond donors (Lipinski definition) is 1. The van der Waals surface area contributed by atoms with Crippen molar-refractivity contribution >= 4 is 11.5 Å². The van der Waals surface area contributed by atoms with Gasteiger partial charge in [-0.2, -0.15) is 4.37 Å². The van der Waals surface area contributed by atoms with E-state index in [4.69, 9.17) is 0 Å². The van der Waals surface area contributed by atoms with Gasteiger partial charge in [0.05, 0.1) is 5.69 Å². The first-order valence-corrected chi connectivity index (χ1v) is 5.71. The summed E-state index contributed by atoms with van der Waals surface area (Å²) in [6, 6.07) is 0. The van der Waals surface area contributed by atoms with Gasteiger partial charge in [-0.15, -0.1) is 0 Å². The van der Waals surface area contributed by atoms with E-state index >= 15 is 0 Å². The van der Waals surface area contributed by atoms with Crippen molar-refractivity contribution in [1.82, 2.24) is 9.69 Å². The monoisotopic (exact) mass is 196 g/mol. The molecule has 1 aliphatic heterocycles. The van der Waals surface area contributed by atoms with Crippen LogP contribution in [0.25, 0.3) is 0 Å². The van der Waals surface area contributed by atoms with Gasteiger partial charge in [0, 0.05) is 11.4 Å². The van der Waals surface area contributed by atoms with Crippen LogP contribution in [0, 0.1) is 5.92 Å². The third-order valence-corrected chi connectivity index (χ3v) is 3.31. The first-order chi connectivity index (χ1) is 6.27. The minimum Gasteiger partial charge on any atom is -0.311 e. The first-order valence-electron chi connectivity index (χ1n) is 4.94. The second-order valence-corrected chi connectivity index (χ2v) is 4.91. The largest absolute Gasteiger partial charge is 0.311 e. The van der Waals surface area contributed by atoms with Crippen LogP contribution in [0.5, 0.6) is 0 Å². The SMILES string of the molecule is CC(C)Cc1nsc2c1CCNC2. The highest BCUT2D eigenvalue weighted by Crippen LogP contribution is 2.24. The van der Waals surface area contributed by atoms with E-state index in [-0.39, 0.29) is 0 Å². The zero-order valence-corrected chi connectivity index (χ0v) is 9.08. The molecule has 0 unspecified atom stereocenters. The summed E-state index contributed by atoms with van der Waals surface area (Å²) in [5.41, 5.74) is 2.90. The van der Waals surface area contributed by atoms with Crippen LogP contribution in [0.2, 0.25) is 0 Å². The number of fused-ring (bicyclic) bond motifs is 1. The average Bonchev–Trinajstić information content (AvgIpc) is 2.48. The molecular formula is C10H16N2S. The average molecular weight is 196 g/mol. The van der Waals surface area contributed by atoms with E-state index in [9.17, 15) is 0 Å². The summed E-state index contributed by atoms with van der Waals surface area (Å²) in [4.78, 5) is 1.46. The molecule has 2 rings (SSSR count). The number of hydrogen-bond acceptors (Lipinski definition) is 3. The summed E-state index contributed by atoms with van der Waals surface area (Å²) in [6.07, 6.45) is 2.32. The van der Waals surface area contributed by atoms with E-state index in [1.165, 1.54) is 22.6 Å². The number of aromatic nitrogens is 1. The molecule has 1 aliphatic rings. The van der Waals surface area contributed by atoms with Crippen LogP contribution in [-0.4, -0.2) is 10.9 Å². The molecule has 0 bridgehead atoms. The molecule has 72 valence electrons. The number of rotatable bonds is 2. The van der Waals surface area contributed by atoms with Crippen molar-refractivity contribution in [3.05, 3.63) is 16.1 Å². The molecule has 0 aliphatic carbocycles. The second-order valence-electron chi connectivity index (χ2n) is 4.06. The predicted octanol–water partition coefficient (Wildman–Crippen LogP) is 1.99. The van der Waals surface area contributed by atoms with Crippen molar-refractivity contribution in [2.24, 2.45) is 5.92 Å². The highest BCUT2D eigenvalue weighted by Gasteiger charge is 2.16. The van der Waals surface area contributed by atoms with Crippen LogP contribution in [0.1, 0.15) is 30.0 Å². The van der Waals surface area contributed by atoms with Gasteiger partial charge >= 0.3 is 0 Å². The van der Waals surface area contributed by atoms with Crippen LogP contribution < -0.4 is 5.32 Å². The van der Waals surface area contributed by atoms with Crippen molar-refractivity contribution in [2.45, 2.75) is 33.2 Å². The maximum atomic E-state index is 4.54. The topological polar surface area (TPSA) is 24.9 Å². The van der Waals surface area contributed by atoms with E-state index in [2.05, 4.69) is 23.5 Å². The van der Waals surface area contributed by atoms with Crippen LogP contribution in [0.4, 0.5) is 0 Å². The molecule has 1 N–H and O–H groups in total. The van der Waals surface area contributed by atoms with Crippen molar-refractivity contribution < 1.29 is 0 Å². The zero-order valence-electron chi connectivity index (χ0n) is 8.26. The third-order valence-electron chi connectivity index (χ3n) is 2.39. The summed E-state index contributed by atoms with van der Waals surface area (Å²) in [5, 5.41) is 3.38. The minimum atomic E-state index is 0.723. The van der Waals surface area contributed by atoms with Crippen molar-refractivity contribution in [3.63, 3.8) is 0 Å². The Balaban J connectivity index is 2.21. The van der Waals surface area contributed by atoms with Crippen LogP contribution in [-0.2, 0) is 19.4 Å². The van der Waals surface area contributed by atoms with Gasteiger partial charge in [0.1, 0.15) is 0 Å². The van der Waals surface area contributed by atoms with Crippen LogP contribution >= 0.6 is 11.5 Å². The summed E-state index contributed by atoms with van der Waals surface area (Å²) in [7, 11) is 0. The Kier molecular flexibility index (Phi) is 2.65. The Morgan fingerprint density at radius 3 is 3.15 bits per heavy atom. The summed E-state index contributed by atoms with van der Waals surface area (Å²) < 4.78 is 4.54. The molecule has 2 heterocycles. The zero-order chi connectivity index (χ0) is 9.26. The minimum absolute atomic E-state index is 0.723. The molecule has 1 aromatic rings. The predicted molar refractivity (Wildman–Crippen MR) is 56.1 cm³/mol. The maximum Gasteiger partial charge on any atom is 0.0580 e. The van der Waals surface area contributed by atoms with Gasteiger partial charge in [-0.3, -0.25) is 0 Å². The van der Waals surface area contributed by atoms with Gasteiger partial charge in [0.2, 0.25) is 0 Å². The van der Waals surface area contributed by atoms with Gasteiger partial charge in [-0.1, -0.05) is 13.8 Å². The fraction of sp³-hybridized carbons (Fsp3) is 0.700. The number of nitrogens with zero attached hydrogens (tertiary/aromatic N) is 1. The van der Waals surface area contributed by atoms with E-state index in [0.717, 1.165) is 25.4 Å². The molecule has 0 saturated heterocycles. The molecule has 1 aromatic heterocycles. The number of nitrogens with one attached hydrogen (secondary N) is 1. The van der Waals surface area contributed by atoms with Crippen LogP contribution in [0.3, 0.4) is 0 Å². The Labute approximate surface area is 83.5 Å². The fourth-order valence-corrected chi connectivity index (χ4v) is 2.67. The van der Waals surface area contributed by atoms with Crippen molar-refractivity contribution in [3.8, 4) is 0 Å². The standard InChI is InChI=1S/C10H16N2S/c1-7(2)5-9-8-3-4-11-6-10(8)13-12-9/h7,11H,3-6H2,1-2H3.